The van der Waals surface area contributed by atoms with Crippen LogP contribution < -0.4 is 14.8 Å². The third-order valence-corrected chi connectivity index (χ3v) is 7.81. The van der Waals surface area contributed by atoms with E-state index in [2.05, 4.69) is 46.5 Å². The second kappa shape index (κ2) is 9.40. The van der Waals surface area contributed by atoms with E-state index in [-0.39, 0.29) is 11.9 Å². The van der Waals surface area contributed by atoms with Gasteiger partial charge in [-0.15, -0.1) is 11.3 Å². The molecule has 3 aromatic heterocycles. The number of piperidine rings is 1. The van der Waals surface area contributed by atoms with Crippen LogP contribution in [0.5, 0.6) is 11.5 Å². The largest absolute Gasteiger partial charge is 0.494 e. The Kier molecular flexibility index (Phi) is 5.94. The van der Waals surface area contributed by atoms with E-state index in [9.17, 15) is 4.79 Å². The van der Waals surface area contributed by atoms with Gasteiger partial charge in [-0.05, 0) is 36.4 Å². The Bertz CT molecular complexity index is 1420. The number of nitrogens with zero attached hydrogens (tertiary/aromatic N) is 4. The predicted octanol–water partition coefficient (Wildman–Crippen LogP) is 4.33. The second-order valence-corrected chi connectivity index (χ2v) is 9.98. The molecule has 5 heterocycles. The van der Waals surface area contributed by atoms with Gasteiger partial charge in [-0.25, -0.2) is 9.97 Å². The fraction of sp³-hybridized carbons (Fsp3) is 0.296. The molecule has 36 heavy (non-hydrogen) atoms. The van der Waals surface area contributed by atoms with Crippen LogP contribution in [0.15, 0.2) is 60.8 Å². The summed E-state index contributed by atoms with van der Waals surface area (Å²) in [5.74, 6) is 2.19. The lowest BCUT2D eigenvalue weighted by molar-refractivity contribution is -0.127. The molecule has 1 atom stereocenters. The number of fused-ring (bicyclic) bond motifs is 2. The van der Waals surface area contributed by atoms with Gasteiger partial charge in [-0.1, -0.05) is 24.8 Å². The van der Waals surface area contributed by atoms with Crippen LogP contribution in [0.25, 0.3) is 27.6 Å². The highest BCUT2D eigenvalue weighted by Gasteiger charge is 2.30. The van der Waals surface area contributed by atoms with Gasteiger partial charge in [0.1, 0.15) is 12.4 Å². The lowest BCUT2D eigenvalue weighted by Crippen LogP contribution is -2.45. The van der Waals surface area contributed by atoms with Crippen molar-refractivity contribution in [1.82, 2.24) is 24.6 Å². The molecular weight excluding hydrogens is 474 g/mol. The van der Waals surface area contributed by atoms with Gasteiger partial charge in [0.2, 0.25) is 11.7 Å². The molecule has 1 amide bonds. The van der Waals surface area contributed by atoms with Crippen molar-refractivity contribution in [3.63, 3.8) is 0 Å². The summed E-state index contributed by atoms with van der Waals surface area (Å²) in [7, 11) is 1.64. The summed E-state index contributed by atoms with van der Waals surface area (Å²) in [6.07, 6.45) is 6.85. The number of hydrogen-bond donors (Lipinski definition) is 1. The third-order valence-electron chi connectivity index (χ3n) is 6.93. The number of carbonyl (C=O) groups excluding carboxylic acids is 1. The maximum atomic E-state index is 11.9. The first kappa shape index (κ1) is 22.8. The van der Waals surface area contributed by atoms with Crippen molar-refractivity contribution in [2.45, 2.75) is 24.9 Å². The Morgan fingerprint density at radius 1 is 1.31 bits per heavy atom. The first-order valence-electron chi connectivity index (χ1n) is 12.0. The van der Waals surface area contributed by atoms with Gasteiger partial charge in [0.15, 0.2) is 5.75 Å². The van der Waals surface area contributed by atoms with Gasteiger partial charge in [0.25, 0.3) is 0 Å². The molecule has 8 nitrogen and oxygen atoms in total. The molecule has 0 bridgehead atoms. The number of carbonyl (C=O) groups is 1. The number of amides is 1. The molecule has 184 valence electrons. The minimum absolute atomic E-state index is 0.0121. The molecule has 4 aromatic rings. The minimum atomic E-state index is 0.0121. The van der Waals surface area contributed by atoms with Crippen LogP contribution in [0.3, 0.4) is 0 Å². The summed E-state index contributed by atoms with van der Waals surface area (Å²) in [6.45, 7) is 5.68. The topological polar surface area (TPSA) is 81.0 Å². The number of ether oxygens (including phenoxy) is 2. The molecule has 0 saturated carbocycles. The molecular formula is C27H27N5O3S. The van der Waals surface area contributed by atoms with E-state index >= 15 is 0 Å². The van der Waals surface area contributed by atoms with Gasteiger partial charge < -0.3 is 19.7 Å². The van der Waals surface area contributed by atoms with Gasteiger partial charge in [0.05, 0.1) is 41.8 Å². The van der Waals surface area contributed by atoms with Crippen molar-refractivity contribution in [2.75, 3.05) is 26.8 Å². The summed E-state index contributed by atoms with van der Waals surface area (Å²) < 4.78 is 13.5. The highest BCUT2D eigenvalue weighted by molar-refractivity contribution is 7.13. The number of nitrogens with one attached hydrogen (secondary N) is 1. The van der Waals surface area contributed by atoms with Gasteiger partial charge in [0, 0.05) is 30.3 Å². The Labute approximate surface area is 213 Å². The second-order valence-electron chi connectivity index (χ2n) is 9.04. The monoisotopic (exact) mass is 501 g/mol. The molecule has 1 saturated heterocycles. The Balaban J connectivity index is 1.27. The first-order valence-corrected chi connectivity index (χ1v) is 12.9. The normalized spacial score (nSPS) is 17.7. The van der Waals surface area contributed by atoms with E-state index in [1.807, 2.05) is 21.6 Å². The zero-order chi connectivity index (χ0) is 24.6. The summed E-state index contributed by atoms with van der Waals surface area (Å²) in [5, 5.41) is 5.81. The number of rotatable bonds is 6. The first-order chi connectivity index (χ1) is 17.6. The molecule has 1 fully saturated rings. The number of benzene rings is 1. The fourth-order valence-electron chi connectivity index (χ4n) is 5.05. The van der Waals surface area contributed by atoms with E-state index in [1.54, 1.807) is 24.6 Å². The molecule has 6 rings (SSSR count). The van der Waals surface area contributed by atoms with E-state index in [0.29, 0.717) is 24.2 Å². The van der Waals surface area contributed by atoms with Crippen molar-refractivity contribution in [3.05, 3.63) is 66.3 Å². The Morgan fingerprint density at radius 2 is 2.17 bits per heavy atom. The van der Waals surface area contributed by atoms with Crippen molar-refractivity contribution < 1.29 is 14.3 Å². The van der Waals surface area contributed by atoms with Crippen molar-refractivity contribution in [2.24, 2.45) is 0 Å². The van der Waals surface area contributed by atoms with Gasteiger partial charge in [-0.2, -0.15) is 0 Å². The lowest BCUT2D eigenvalue weighted by atomic mass is 10.00. The summed E-state index contributed by atoms with van der Waals surface area (Å²) in [5.41, 5.74) is 3.99. The van der Waals surface area contributed by atoms with Crippen LogP contribution in [0.2, 0.25) is 0 Å². The van der Waals surface area contributed by atoms with Crippen molar-refractivity contribution in [3.8, 4) is 33.3 Å². The molecule has 0 aliphatic carbocycles. The number of thiophene rings is 1. The SMILES string of the molecule is C=CC(=O)N1CCC(N[C@H]2COc3cc(-c4nc5ncc(OC)cn5c4-c4cccs4)ccc32)CC1. The smallest absolute Gasteiger partial charge is 0.245 e. The summed E-state index contributed by atoms with van der Waals surface area (Å²) >= 11 is 1.67. The van der Waals surface area contributed by atoms with Crippen molar-refractivity contribution in [1.29, 1.82) is 0 Å². The Hall–Kier alpha value is -3.69. The quantitative estimate of drug-likeness (QED) is 0.396. The third kappa shape index (κ3) is 4.04. The van der Waals surface area contributed by atoms with Crippen LogP contribution in [-0.4, -0.2) is 58.0 Å². The van der Waals surface area contributed by atoms with Crippen LogP contribution in [0, 0.1) is 0 Å². The minimum Gasteiger partial charge on any atom is -0.494 e. The number of likely N-dealkylation sites (tertiary alicyclic amines) is 1. The summed E-state index contributed by atoms with van der Waals surface area (Å²) in [6, 6.07) is 10.9. The fourth-order valence-corrected chi connectivity index (χ4v) is 5.81. The average molecular weight is 502 g/mol. The molecule has 1 N–H and O–H groups in total. The molecule has 0 radical (unpaired) electrons. The van der Waals surface area contributed by atoms with E-state index in [4.69, 9.17) is 14.5 Å². The lowest BCUT2D eigenvalue weighted by Gasteiger charge is -2.33. The maximum absolute atomic E-state index is 11.9. The van der Waals surface area contributed by atoms with Crippen LogP contribution in [-0.2, 0) is 4.79 Å². The highest BCUT2D eigenvalue weighted by atomic mass is 32.1. The number of hydrogen-bond acceptors (Lipinski definition) is 7. The zero-order valence-electron chi connectivity index (χ0n) is 20.0. The van der Waals surface area contributed by atoms with Crippen molar-refractivity contribution >= 4 is 23.0 Å². The molecule has 0 spiro atoms. The number of methoxy groups -OCH3 is 1. The van der Waals surface area contributed by atoms with E-state index in [1.165, 1.54) is 6.08 Å². The molecule has 2 aliphatic rings. The van der Waals surface area contributed by atoms with E-state index < -0.39 is 0 Å². The van der Waals surface area contributed by atoms with E-state index in [0.717, 1.165) is 59.1 Å². The van der Waals surface area contributed by atoms with Crippen LogP contribution in [0.1, 0.15) is 24.4 Å². The molecule has 1 aromatic carbocycles. The van der Waals surface area contributed by atoms with Gasteiger partial charge >= 0.3 is 0 Å². The number of imidazole rings is 1. The summed E-state index contributed by atoms with van der Waals surface area (Å²) in [4.78, 5) is 24.2. The van der Waals surface area contributed by atoms with Gasteiger partial charge in [-0.3, -0.25) is 9.20 Å². The molecule has 0 unspecified atom stereocenters. The zero-order valence-corrected chi connectivity index (χ0v) is 20.8. The Morgan fingerprint density at radius 3 is 2.92 bits per heavy atom. The number of aromatic nitrogens is 3. The average Bonchev–Trinajstić information content (AvgIpc) is 3.66. The highest BCUT2D eigenvalue weighted by Crippen LogP contribution is 2.40. The molecule has 2 aliphatic heterocycles. The maximum Gasteiger partial charge on any atom is 0.245 e. The molecule has 9 heteroatoms. The standard InChI is InChI=1S/C27H27N5O3S/c1-3-24(33)31-10-8-18(9-11-31)29-21-16-35-22-13-17(6-7-20(21)22)25-26(23-5-4-12-36-23)32-15-19(34-2)14-28-27(32)30-25/h3-7,12-15,18,21,29H,1,8-11,16H2,2H3/t21-/m0/s1. The van der Waals surface area contributed by atoms with Crippen LogP contribution in [0.4, 0.5) is 0 Å². The predicted molar refractivity (Wildman–Crippen MR) is 139 cm³/mol. The van der Waals surface area contributed by atoms with Crippen LogP contribution >= 0.6 is 11.3 Å².